The average molecular weight is 583 g/mol. The van der Waals surface area contributed by atoms with Gasteiger partial charge in [0, 0.05) is 19.1 Å². The molecule has 1 aromatic carbocycles. The molecule has 0 spiro atoms. The van der Waals surface area contributed by atoms with E-state index < -0.39 is 36.7 Å². The van der Waals surface area contributed by atoms with Crippen LogP contribution in [0, 0.1) is 5.92 Å². The summed E-state index contributed by atoms with van der Waals surface area (Å²) in [5, 5.41) is 23.1. The number of benzene rings is 1. The molecule has 14 nitrogen and oxygen atoms in total. The Morgan fingerprint density at radius 3 is 2.48 bits per heavy atom. The molecule has 14 heteroatoms. The number of hydrogen-bond acceptors (Lipinski definition) is 10. The van der Waals surface area contributed by atoms with Gasteiger partial charge < -0.3 is 19.7 Å². The minimum absolute atomic E-state index is 0.0138. The van der Waals surface area contributed by atoms with Crippen LogP contribution < -0.4 is 10.9 Å². The van der Waals surface area contributed by atoms with Crippen LogP contribution in [0.2, 0.25) is 0 Å². The van der Waals surface area contributed by atoms with E-state index in [1.807, 2.05) is 0 Å². The predicted molar refractivity (Wildman–Crippen MR) is 149 cm³/mol. The average Bonchev–Trinajstić information content (AvgIpc) is 3.61. The van der Waals surface area contributed by atoms with Gasteiger partial charge in [0.25, 0.3) is 17.4 Å². The molecular formula is C28H34N6O8. The van der Waals surface area contributed by atoms with Gasteiger partial charge in [0.05, 0.1) is 24.1 Å². The van der Waals surface area contributed by atoms with E-state index in [1.54, 1.807) is 38.1 Å². The number of anilines is 1. The van der Waals surface area contributed by atoms with Crippen molar-refractivity contribution in [2.75, 3.05) is 25.1 Å². The van der Waals surface area contributed by atoms with Crippen molar-refractivity contribution in [3.8, 4) is 0 Å². The summed E-state index contributed by atoms with van der Waals surface area (Å²) in [5.74, 6) is -1.26. The van der Waals surface area contributed by atoms with E-state index in [1.165, 1.54) is 15.8 Å². The smallest absolute Gasteiger partial charge is 0.280 e. The summed E-state index contributed by atoms with van der Waals surface area (Å²) in [7, 11) is 0. The number of aliphatic hydroxyl groups is 2. The van der Waals surface area contributed by atoms with Crippen molar-refractivity contribution in [3.63, 3.8) is 0 Å². The van der Waals surface area contributed by atoms with Gasteiger partial charge in [-0.1, -0.05) is 38.8 Å². The molecule has 1 fully saturated rings. The summed E-state index contributed by atoms with van der Waals surface area (Å²) in [6.07, 6.45) is 0.202. The van der Waals surface area contributed by atoms with Gasteiger partial charge in [0.2, 0.25) is 11.9 Å². The summed E-state index contributed by atoms with van der Waals surface area (Å²) in [4.78, 5) is 62.0. The molecule has 4 N–H and O–H groups in total. The van der Waals surface area contributed by atoms with Crippen LogP contribution in [-0.4, -0.2) is 90.4 Å². The molecule has 0 radical (unpaired) electrons. The largest absolute Gasteiger partial charge is 0.394 e. The number of H-pyrrole nitrogens is 1. The van der Waals surface area contributed by atoms with Crippen molar-refractivity contribution >= 4 is 34.8 Å². The number of nitrogens with zero attached hydrogens (tertiary/aromatic N) is 4. The molecule has 5 rings (SSSR count). The van der Waals surface area contributed by atoms with E-state index in [0.717, 1.165) is 12.8 Å². The van der Waals surface area contributed by atoms with Gasteiger partial charge in [-0.05, 0) is 25.0 Å². The molecule has 0 saturated carbocycles. The van der Waals surface area contributed by atoms with Gasteiger partial charge in [-0.15, -0.1) is 0 Å². The molecule has 3 amide bonds. The van der Waals surface area contributed by atoms with Gasteiger partial charge in [-0.2, -0.15) is 4.98 Å². The predicted octanol–water partition coefficient (Wildman–Crippen LogP) is 1.21. The summed E-state index contributed by atoms with van der Waals surface area (Å²) in [5.41, 5.74) is 0.445. The highest BCUT2D eigenvalue weighted by Gasteiger charge is 2.46. The minimum Gasteiger partial charge on any atom is -0.394 e. The van der Waals surface area contributed by atoms with Crippen molar-refractivity contribution in [2.45, 2.75) is 64.1 Å². The summed E-state index contributed by atoms with van der Waals surface area (Å²) < 4.78 is 13.3. The fourth-order valence-corrected chi connectivity index (χ4v) is 5.09. The van der Waals surface area contributed by atoms with Gasteiger partial charge in [-0.25, -0.2) is 4.98 Å². The first-order valence-electron chi connectivity index (χ1n) is 14.0. The lowest BCUT2D eigenvalue weighted by atomic mass is 10.1. The van der Waals surface area contributed by atoms with E-state index in [2.05, 4.69) is 20.3 Å². The lowest BCUT2D eigenvalue weighted by molar-refractivity contribution is -0.118. The maximum atomic E-state index is 12.6. The molecule has 3 aromatic rings. The molecule has 4 heterocycles. The van der Waals surface area contributed by atoms with Crippen LogP contribution in [-0.2, 0) is 14.3 Å². The van der Waals surface area contributed by atoms with Crippen LogP contribution in [0.4, 0.5) is 5.95 Å². The second kappa shape index (κ2) is 12.5. The minimum atomic E-state index is -1.16. The zero-order valence-corrected chi connectivity index (χ0v) is 23.4. The molecule has 4 atom stereocenters. The number of nitrogens with one attached hydrogen (secondary N) is 2. The third-order valence-electron chi connectivity index (χ3n) is 7.43. The second-order valence-electron chi connectivity index (χ2n) is 10.7. The number of unbranched alkanes of at least 4 members (excludes halogenated alkanes) is 3. The third kappa shape index (κ3) is 5.70. The molecule has 1 unspecified atom stereocenters. The van der Waals surface area contributed by atoms with Crippen LogP contribution in [0.5, 0.6) is 0 Å². The van der Waals surface area contributed by atoms with Crippen molar-refractivity contribution in [1.82, 2.24) is 24.4 Å². The van der Waals surface area contributed by atoms with Crippen LogP contribution in [0.15, 0.2) is 35.4 Å². The van der Waals surface area contributed by atoms with E-state index in [4.69, 9.17) is 9.47 Å². The lowest BCUT2D eigenvalue weighted by Gasteiger charge is -2.22. The highest BCUT2D eigenvalue weighted by atomic mass is 16.6. The Morgan fingerprint density at radius 1 is 1.12 bits per heavy atom. The molecule has 42 heavy (non-hydrogen) atoms. The summed E-state index contributed by atoms with van der Waals surface area (Å²) in [6, 6.07) is 6.80. The first kappa shape index (κ1) is 29.5. The number of carbonyl (C=O) groups excluding carboxylic acids is 3. The van der Waals surface area contributed by atoms with E-state index in [-0.39, 0.29) is 47.4 Å². The number of ether oxygens (including phenoxy) is 2. The summed E-state index contributed by atoms with van der Waals surface area (Å²) >= 11 is 0. The van der Waals surface area contributed by atoms with Crippen LogP contribution in [0.25, 0.3) is 11.2 Å². The Balaban J connectivity index is 1.18. The highest BCUT2D eigenvalue weighted by Crippen LogP contribution is 2.33. The molecule has 0 aliphatic carbocycles. The summed E-state index contributed by atoms with van der Waals surface area (Å²) in [6.45, 7) is 3.56. The number of aliphatic hydroxyl groups excluding tert-OH is 2. The lowest BCUT2D eigenvalue weighted by Crippen LogP contribution is -2.35. The molecular weight excluding hydrogens is 548 g/mol. The number of imidazole rings is 1. The molecule has 2 aliphatic heterocycles. The van der Waals surface area contributed by atoms with Gasteiger partial charge in [0.15, 0.2) is 17.4 Å². The van der Waals surface area contributed by atoms with Crippen molar-refractivity contribution < 1.29 is 34.1 Å². The zero-order valence-electron chi connectivity index (χ0n) is 23.4. The Labute approximate surface area is 240 Å². The number of imide groups is 1. The van der Waals surface area contributed by atoms with Crippen molar-refractivity contribution in [3.05, 3.63) is 52.1 Å². The number of carbonyl (C=O) groups is 3. The Hall–Kier alpha value is -3.98. The number of hydrogen-bond donors (Lipinski definition) is 4. The number of aromatic amines is 1. The van der Waals surface area contributed by atoms with E-state index in [0.29, 0.717) is 30.5 Å². The topological polar surface area (TPSA) is 189 Å². The zero-order chi connectivity index (χ0) is 30.0. The molecule has 1 saturated heterocycles. The second-order valence-corrected chi connectivity index (χ2v) is 10.7. The maximum Gasteiger partial charge on any atom is 0.280 e. The number of amides is 3. The molecule has 224 valence electrons. The first-order chi connectivity index (χ1) is 20.2. The Bertz CT molecular complexity index is 1500. The van der Waals surface area contributed by atoms with Crippen molar-refractivity contribution in [1.29, 1.82) is 0 Å². The Morgan fingerprint density at radius 2 is 1.81 bits per heavy atom. The van der Waals surface area contributed by atoms with Gasteiger partial charge in [0.1, 0.15) is 18.3 Å². The van der Waals surface area contributed by atoms with Gasteiger partial charge >= 0.3 is 0 Å². The van der Waals surface area contributed by atoms with Crippen LogP contribution in [0.3, 0.4) is 0 Å². The number of fused-ring (bicyclic) bond motifs is 2. The Kier molecular flexibility index (Phi) is 8.77. The van der Waals surface area contributed by atoms with E-state index >= 15 is 0 Å². The number of aromatic nitrogens is 4. The molecule has 2 aromatic heterocycles. The third-order valence-corrected chi connectivity index (χ3v) is 7.43. The SMILES string of the molecule is CC(C)C(=O)Nc1nc2c(ncn2[C@@H]2O[C@H](CO)[C@H](O)C2OCCCCCCN2C(=O)c3ccccc3C2=O)c(=O)[nH]1. The van der Waals surface area contributed by atoms with E-state index in [9.17, 15) is 29.4 Å². The quantitative estimate of drug-likeness (QED) is 0.178. The molecule has 2 aliphatic rings. The number of rotatable bonds is 12. The van der Waals surface area contributed by atoms with Crippen molar-refractivity contribution in [2.24, 2.45) is 5.92 Å². The highest BCUT2D eigenvalue weighted by molar-refractivity contribution is 6.21. The maximum absolute atomic E-state index is 12.6. The first-order valence-corrected chi connectivity index (χ1v) is 14.0. The molecule has 0 bridgehead atoms. The fraction of sp³-hybridized carbons (Fsp3) is 0.500. The normalized spacial score (nSPS) is 22.0. The monoisotopic (exact) mass is 582 g/mol. The van der Waals surface area contributed by atoms with Crippen LogP contribution >= 0.6 is 0 Å². The fourth-order valence-electron chi connectivity index (χ4n) is 5.09. The van der Waals surface area contributed by atoms with Crippen LogP contribution in [0.1, 0.15) is 66.5 Å². The van der Waals surface area contributed by atoms with Gasteiger partial charge in [-0.3, -0.25) is 38.9 Å². The standard InChI is InChI=1S/C28H34N6O8/c1-15(2)23(37)31-28-30-22-19(24(38)32-28)29-14-34(22)27-21(20(36)18(13-35)42-27)41-12-8-4-3-7-11-33-25(39)16-9-5-6-10-17(16)26(33)40/h5-6,9-10,14-15,18,20-21,27,35-36H,3-4,7-8,11-13H2,1-2H3,(H2,30,31,32,37,38)/t18-,20+,21?,27-/m1/s1.